The lowest BCUT2D eigenvalue weighted by Gasteiger charge is -2.59. The van der Waals surface area contributed by atoms with Crippen molar-refractivity contribution in [3.05, 3.63) is 11.7 Å². The Morgan fingerprint density at radius 1 is 1.38 bits per heavy atom. The van der Waals surface area contributed by atoms with E-state index in [0.29, 0.717) is 24.3 Å². The summed E-state index contributed by atoms with van der Waals surface area (Å²) < 4.78 is 11.0. The molecular weight excluding hydrogens is 306 g/mol. The number of hydrogen-bond acceptors (Lipinski definition) is 5. The summed E-state index contributed by atoms with van der Waals surface area (Å²) in [5.74, 6) is 1.99. The van der Waals surface area contributed by atoms with Crippen LogP contribution in [0.3, 0.4) is 0 Å². The molecule has 0 bridgehead atoms. The Bertz CT molecular complexity index is 602. The van der Waals surface area contributed by atoms with Gasteiger partial charge in [0, 0.05) is 31.0 Å². The van der Waals surface area contributed by atoms with E-state index in [1.807, 2.05) is 20.8 Å². The summed E-state index contributed by atoms with van der Waals surface area (Å²) in [5.41, 5.74) is -0.241. The summed E-state index contributed by atoms with van der Waals surface area (Å²) in [6, 6.07) is 0.295. The summed E-state index contributed by atoms with van der Waals surface area (Å²) in [7, 11) is 3.53. The Morgan fingerprint density at radius 3 is 2.50 bits per heavy atom. The maximum atomic E-state index is 5.67. The molecule has 2 N–H and O–H groups in total. The molecular formula is C17H31N5O2. The number of ether oxygens (including phenoxy) is 1. The fourth-order valence-electron chi connectivity index (χ4n) is 2.88. The molecule has 2 unspecified atom stereocenters. The maximum absolute atomic E-state index is 5.67. The lowest BCUT2D eigenvalue weighted by atomic mass is 9.56. The van der Waals surface area contributed by atoms with E-state index in [-0.39, 0.29) is 16.4 Å². The van der Waals surface area contributed by atoms with Crippen LogP contribution in [-0.4, -0.2) is 41.9 Å². The highest BCUT2D eigenvalue weighted by atomic mass is 16.5. The number of aromatic nitrogens is 2. The summed E-state index contributed by atoms with van der Waals surface area (Å²) >= 11 is 0. The fourth-order valence-corrected chi connectivity index (χ4v) is 2.88. The van der Waals surface area contributed by atoms with Crippen LogP contribution in [0.2, 0.25) is 0 Å². The van der Waals surface area contributed by atoms with Gasteiger partial charge in [-0.2, -0.15) is 4.98 Å². The molecule has 7 nitrogen and oxygen atoms in total. The Hall–Kier alpha value is -1.63. The van der Waals surface area contributed by atoms with Gasteiger partial charge in [0.05, 0.1) is 12.1 Å². The minimum atomic E-state index is -0.147. The highest BCUT2D eigenvalue weighted by Gasteiger charge is 2.58. The van der Waals surface area contributed by atoms with Crippen molar-refractivity contribution in [3.63, 3.8) is 0 Å². The first-order valence-corrected chi connectivity index (χ1v) is 8.39. The zero-order valence-electron chi connectivity index (χ0n) is 16.1. The molecule has 136 valence electrons. The van der Waals surface area contributed by atoms with Crippen LogP contribution >= 0.6 is 0 Å². The van der Waals surface area contributed by atoms with E-state index < -0.39 is 0 Å². The van der Waals surface area contributed by atoms with E-state index in [2.05, 4.69) is 46.5 Å². The number of nitrogens with zero attached hydrogens (tertiary/aromatic N) is 3. The fraction of sp³-hybridized carbons (Fsp3) is 0.824. The topological polar surface area (TPSA) is 84.6 Å². The van der Waals surface area contributed by atoms with Gasteiger partial charge in [0.1, 0.15) is 0 Å². The van der Waals surface area contributed by atoms with Crippen molar-refractivity contribution in [2.75, 3.05) is 14.2 Å². The predicted octanol–water partition coefficient (Wildman–Crippen LogP) is 2.24. The van der Waals surface area contributed by atoms with Crippen molar-refractivity contribution in [1.82, 2.24) is 20.8 Å². The zero-order valence-corrected chi connectivity index (χ0v) is 16.1. The predicted molar refractivity (Wildman–Crippen MR) is 93.9 cm³/mol. The van der Waals surface area contributed by atoms with Gasteiger partial charge in [-0.25, -0.2) is 0 Å². The van der Waals surface area contributed by atoms with Crippen LogP contribution in [0.4, 0.5) is 0 Å². The third-order valence-electron chi connectivity index (χ3n) is 5.34. The van der Waals surface area contributed by atoms with E-state index >= 15 is 0 Å². The first kappa shape index (κ1) is 18.7. The van der Waals surface area contributed by atoms with E-state index in [0.717, 1.165) is 12.4 Å². The number of aliphatic imine (C=N–C) groups is 1. The minimum Gasteiger partial charge on any atom is -0.378 e. The van der Waals surface area contributed by atoms with Gasteiger partial charge in [0.2, 0.25) is 5.89 Å². The lowest BCUT2D eigenvalue weighted by molar-refractivity contribution is -0.176. The van der Waals surface area contributed by atoms with Crippen LogP contribution in [0.1, 0.15) is 59.7 Å². The summed E-state index contributed by atoms with van der Waals surface area (Å²) in [4.78, 5) is 8.71. The number of hydrogen-bond donors (Lipinski definition) is 2. The molecule has 1 aliphatic rings. The Morgan fingerprint density at radius 2 is 2.04 bits per heavy atom. The molecule has 0 amide bonds. The molecule has 1 fully saturated rings. The van der Waals surface area contributed by atoms with Crippen molar-refractivity contribution in [1.29, 1.82) is 0 Å². The van der Waals surface area contributed by atoms with Gasteiger partial charge in [0.25, 0.3) is 0 Å². The van der Waals surface area contributed by atoms with E-state index in [4.69, 9.17) is 9.26 Å². The number of methoxy groups -OCH3 is 1. The normalized spacial score (nSPS) is 26.8. The monoisotopic (exact) mass is 337 g/mol. The van der Waals surface area contributed by atoms with Gasteiger partial charge >= 0.3 is 0 Å². The van der Waals surface area contributed by atoms with Gasteiger partial charge < -0.3 is 19.9 Å². The first-order chi connectivity index (χ1) is 11.0. The second kappa shape index (κ2) is 6.35. The molecule has 0 saturated heterocycles. The molecule has 0 spiro atoms. The number of nitrogens with one attached hydrogen (secondary N) is 2. The quantitative estimate of drug-likeness (QED) is 0.647. The first-order valence-electron chi connectivity index (χ1n) is 8.39. The number of guanidine groups is 1. The highest BCUT2D eigenvalue weighted by molar-refractivity contribution is 5.80. The van der Waals surface area contributed by atoms with Gasteiger partial charge in [-0.15, -0.1) is 0 Å². The summed E-state index contributed by atoms with van der Waals surface area (Å²) in [6.45, 7) is 13.2. The third-order valence-corrected chi connectivity index (χ3v) is 5.34. The van der Waals surface area contributed by atoms with Gasteiger partial charge in [0.15, 0.2) is 11.8 Å². The Labute approximate surface area is 144 Å². The highest BCUT2D eigenvalue weighted by Crippen LogP contribution is 2.51. The molecule has 1 aliphatic carbocycles. The van der Waals surface area contributed by atoms with Crippen LogP contribution in [-0.2, 0) is 16.7 Å². The molecule has 2 rings (SSSR count). The molecule has 0 radical (unpaired) electrons. The molecule has 1 saturated carbocycles. The standard InChI is InChI=1S/C17H31N5O2/c1-15(2,3)13-21-12(22-24-13)10-19-14(18-7)20-11-9-17(6,23-8)16(11,4)5/h11H,9-10H2,1-8H3,(H2,18,19,20). The largest absolute Gasteiger partial charge is 0.378 e. The van der Waals surface area contributed by atoms with Crippen LogP contribution in [0.25, 0.3) is 0 Å². The Balaban J connectivity index is 1.92. The van der Waals surface area contributed by atoms with Crippen LogP contribution in [0.15, 0.2) is 9.52 Å². The smallest absolute Gasteiger partial charge is 0.232 e. The molecule has 1 aromatic heterocycles. The lowest BCUT2D eigenvalue weighted by Crippen LogP contribution is -2.69. The zero-order chi connectivity index (χ0) is 18.2. The maximum Gasteiger partial charge on any atom is 0.232 e. The van der Waals surface area contributed by atoms with Crippen LogP contribution < -0.4 is 10.6 Å². The second-order valence-corrected chi connectivity index (χ2v) is 8.25. The molecule has 2 atom stereocenters. The van der Waals surface area contributed by atoms with E-state index in [1.165, 1.54) is 0 Å². The summed E-state index contributed by atoms with van der Waals surface area (Å²) in [5, 5.41) is 10.7. The molecule has 1 aromatic rings. The van der Waals surface area contributed by atoms with Gasteiger partial charge in [-0.3, -0.25) is 4.99 Å². The second-order valence-electron chi connectivity index (χ2n) is 8.25. The summed E-state index contributed by atoms with van der Waals surface area (Å²) in [6.07, 6.45) is 0.938. The van der Waals surface area contributed by atoms with Gasteiger partial charge in [-0.05, 0) is 13.3 Å². The van der Waals surface area contributed by atoms with Crippen molar-refractivity contribution in [2.24, 2.45) is 10.4 Å². The van der Waals surface area contributed by atoms with Crippen molar-refractivity contribution < 1.29 is 9.26 Å². The van der Waals surface area contributed by atoms with Crippen LogP contribution in [0, 0.1) is 5.41 Å². The average Bonchev–Trinajstić information content (AvgIpc) is 2.99. The molecule has 1 heterocycles. The van der Waals surface area contributed by atoms with Crippen LogP contribution in [0.5, 0.6) is 0 Å². The van der Waals surface area contributed by atoms with Gasteiger partial charge in [-0.1, -0.05) is 39.8 Å². The third kappa shape index (κ3) is 3.41. The Kier molecular flexibility index (Phi) is 4.95. The SMILES string of the molecule is CN=C(NCc1noc(C(C)(C)C)n1)NC1CC(C)(OC)C1(C)C. The molecule has 0 aromatic carbocycles. The van der Waals surface area contributed by atoms with E-state index in [9.17, 15) is 0 Å². The molecule has 0 aliphatic heterocycles. The van der Waals surface area contributed by atoms with Crippen molar-refractivity contribution >= 4 is 5.96 Å². The molecule has 24 heavy (non-hydrogen) atoms. The van der Waals surface area contributed by atoms with Crippen molar-refractivity contribution in [2.45, 2.75) is 71.6 Å². The number of rotatable bonds is 4. The van der Waals surface area contributed by atoms with Crippen molar-refractivity contribution in [3.8, 4) is 0 Å². The van der Waals surface area contributed by atoms with E-state index in [1.54, 1.807) is 14.2 Å². The molecule has 7 heteroatoms. The minimum absolute atomic E-state index is 0.0188. The average molecular weight is 337 g/mol.